The zero-order valence-corrected chi connectivity index (χ0v) is 13.8. The van der Waals surface area contributed by atoms with Crippen LogP contribution >= 0.6 is 0 Å². The Hall–Kier alpha value is -2.33. The summed E-state index contributed by atoms with van der Waals surface area (Å²) in [5.74, 6) is 0.810. The molecule has 4 nitrogen and oxygen atoms in total. The predicted molar refractivity (Wildman–Crippen MR) is 92.6 cm³/mol. The van der Waals surface area contributed by atoms with Gasteiger partial charge in [0.1, 0.15) is 12.4 Å². The van der Waals surface area contributed by atoms with E-state index in [4.69, 9.17) is 4.74 Å². The van der Waals surface area contributed by atoms with Crippen LogP contribution in [0.1, 0.15) is 16.7 Å². The van der Waals surface area contributed by atoms with Crippen LogP contribution in [0.4, 0.5) is 0 Å². The van der Waals surface area contributed by atoms with Crippen LogP contribution in [0.25, 0.3) is 0 Å². The van der Waals surface area contributed by atoms with Gasteiger partial charge in [-0.25, -0.2) is 0 Å². The first-order valence-corrected chi connectivity index (χ1v) is 7.86. The molecule has 0 atom stereocenters. The molecule has 0 saturated carbocycles. The largest absolute Gasteiger partial charge is 0.489 e. The first kappa shape index (κ1) is 17.0. The third-order valence-electron chi connectivity index (χ3n) is 3.62. The van der Waals surface area contributed by atoms with E-state index in [1.165, 1.54) is 11.1 Å². The summed E-state index contributed by atoms with van der Waals surface area (Å²) < 4.78 is 5.85. The molecule has 2 N–H and O–H groups in total. The van der Waals surface area contributed by atoms with Gasteiger partial charge in [-0.05, 0) is 42.8 Å². The number of likely N-dealkylation sites (N-methyl/N-ethyl adjacent to an activating group) is 1. The second-order valence-corrected chi connectivity index (χ2v) is 5.49. The van der Waals surface area contributed by atoms with Gasteiger partial charge in [0.05, 0.1) is 6.42 Å². The van der Waals surface area contributed by atoms with Crippen LogP contribution in [0.3, 0.4) is 0 Å². The second-order valence-electron chi connectivity index (χ2n) is 5.49. The van der Waals surface area contributed by atoms with E-state index in [1.54, 1.807) is 0 Å². The topological polar surface area (TPSA) is 50.4 Å². The van der Waals surface area contributed by atoms with E-state index in [-0.39, 0.29) is 5.91 Å². The quantitative estimate of drug-likeness (QED) is 0.736. The normalized spacial score (nSPS) is 10.3. The number of ether oxygens (including phenoxy) is 1. The maximum Gasteiger partial charge on any atom is 0.224 e. The highest BCUT2D eigenvalue weighted by atomic mass is 16.5. The van der Waals surface area contributed by atoms with Crippen molar-refractivity contribution in [2.24, 2.45) is 0 Å². The Kier molecular flexibility index (Phi) is 6.63. The summed E-state index contributed by atoms with van der Waals surface area (Å²) in [5, 5.41) is 5.87. The van der Waals surface area contributed by atoms with E-state index in [9.17, 15) is 4.79 Å². The van der Waals surface area contributed by atoms with Crippen LogP contribution in [0.2, 0.25) is 0 Å². The molecule has 1 amide bonds. The smallest absolute Gasteiger partial charge is 0.224 e. The fraction of sp³-hybridized carbons (Fsp3) is 0.316. The van der Waals surface area contributed by atoms with Crippen LogP contribution in [-0.4, -0.2) is 26.0 Å². The van der Waals surface area contributed by atoms with E-state index in [0.717, 1.165) is 17.9 Å². The number of hydrogen-bond donors (Lipinski definition) is 2. The van der Waals surface area contributed by atoms with Gasteiger partial charge >= 0.3 is 0 Å². The van der Waals surface area contributed by atoms with E-state index >= 15 is 0 Å². The monoisotopic (exact) mass is 312 g/mol. The van der Waals surface area contributed by atoms with E-state index < -0.39 is 0 Å². The fourth-order valence-corrected chi connectivity index (χ4v) is 2.25. The molecule has 4 heteroatoms. The highest BCUT2D eigenvalue weighted by Crippen LogP contribution is 2.17. The third kappa shape index (κ3) is 5.75. The molecular formula is C19H24N2O2. The molecule has 23 heavy (non-hydrogen) atoms. The Morgan fingerprint density at radius 1 is 1.09 bits per heavy atom. The zero-order valence-electron chi connectivity index (χ0n) is 13.8. The first-order chi connectivity index (χ1) is 11.2. The maximum absolute atomic E-state index is 11.8. The molecular weight excluding hydrogens is 288 g/mol. The number of benzene rings is 2. The van der Waals surface area contributed by atoms with Crippen LogP contribution in [0, 0.1) is 6.92 Å². The molecule has 0 aliphatic rings. The minimum Gasteiger partial charge on any atom is -0.489 e. The van der Waals surface area contributed by atoms with Crippen LogP contribution in [0.15, 0.2) is 48.5 Å². The number of carbonyl (C=O) groups excluding carboxylic acids is 1. The number of rotatable bonds is 8. The third-order valence-corrected chi connectivity index (χ3v) is 3.62. The summed E-state index contributed by atoms with van der Waals surface area (Å²) in [6.45, 7) is 4.01. The molecule has 122 valence electrons. The lowest BCUT2D eigenvalue weighted by Gasteiger charge is -2.10. The molecule has 0 heterocycles. The van der Waals surface area contributed by atoms with Gasteiger partial charge in [0.25, 0.3) is 0 Å². The first-order valence-electron chi connectivity index (χ1n) is 7.86. The lowest BCUT2D eigenvalue weighted by Crippen LogP contribution is -2.31. The van der Waals surface area contributed by atoms with Crippen LogP contribution in [0.5, 0.6) is 5.75 Å². The summed E-state index contributed by atoms with van der Waals surface area (Å²) in [6, 6.07) is 15.9. The maximum atomic E-state index is 11.8. The predicted octanol–water partition coefficient (Wildman–Crippen LogP) is 2.45. The molecule has 0 fully saturated rings. The number of hydrogen-bond acceptors (Lipinski definition) is 3. The van der Waals surface area contributed by atoms with Gasteiger partial charge in [-0.2, -0.15) is 0 Å². The average molecular weight is 312 g/mol. The van der Waals surface area contributed by atoms with Crippen LogP contribution < -0.4 is 15.4 Å². The van der Waals surface area contributed by atoms with Crippen molar-refractivity contribution in [2.45, 2.75) is 20.0 Å². The van der Waals surface area contributed by atoms with Gasteiger partial charge in [-0.3, -0.25) is 4.79 Å². The van der Waals surface area contributed by atoms with Crippen molar-refractivity contribution in [3.05, 3.63) is 65.2 Å². The fourth-order valence-electron chi connectivity index (χ4n) is 2.25. The van der Waals surface area contributed by atoms with Gasteiger partial charge < -0.3 is 15.4 Å². The van der Waals surface area contributed by atoms with Gasteiger partial charge in [0, 0.05) is 13.1 Å². The van der Waals surface area contributed by atoms with Crippen molar-refractivity contribution in [2.75, 3.05) is 20.1 Å². The van der Waals surface area contributed by atoms with Crippen molar-refractivity contribution in [1.82, 2.24) is 10.6 Å². The second kappa shape index (κ2) is 8.96. The van der Waals surface area contributed by atoms with Crippen molar-refractivity contribution >= 4 is 5.91 Å². The highest BCUT2D eigenvalue weighted by Gasteiger charge is 2.05. The molecule has 0 saturated heterocycles. The van der Waals surface area contributed by atoms with Gasteiger partial charge in [0.2, 0.25) is 5.91 Å². The summed E-state index contributed by atoms with van der Waals surface area (Å²) in [6.07, 6.45) is 0.366. The summed E-state index contributed by atoms with van der Waals surface area (Å²) in [7, 11) is 1.86. The molecule has 0 radical (unpaired) electrons. The lowest BCUT2D eigenvalue weighted by molar-refractivity contribution is -0.120. The molecule has 0 aliphatic heterocycles. The average Bonchev–Trinajstić information content (AvgIpc) is 2.55. The SMILES string of the molecule is CNCCNC(=O)Cc1cccc(OCc2ccccc2C)c1. The minimum atomic E-state index is 0.0244. The molecule has 0 spiro atoms. The van der Waals surface area contributed by atoms with Crippen LogP contribution in [-0.2, 0) is 17.8 Å². The van der Waals surface area contributed by atoms with E-state index in [2.05, 4.69) is 29.7 Å². The van der Waals surface area contributed by atoms with Crippen molar-refractivity contribution < 1.29 is 9.53 Å². The van der Waals surface area contributed by atoms with Crippen molar-refractivity contribution in [3.63, 3.8) is 0 Å². The molecule has 0 aliphatic carbocycles. The number of nitrogens with one attached hydrogen (secondary N) is 2. The lowest BCUT2D eigenvalue weighted by atomic mass is 10.1. The van der Waals surface area contributed by atoms with Crippen molar-refractivity contribution in [1.29, 1.82) is 0 Å². The van der Waals surface area contributed by atoms with E-state index in [0.29, 0.717) is 19.6 Å². The van der Waals surface area contributed by atoms with Crippen molar-refractivity contribution in [3.8, 4) is 5.75 Å². The van der Waals surface area contributed by atoms with Gasteiger partial charge in [-0.1, -0.05) is 36.4 Å². The zero-order chi connectivity index (χ0) is 16.5. The molecule has 0 aromatic heterocycles. The summed E-state index contributed by atoms with van der Waals surface area (Å²) in [4.78, 5) is 11.8. The van der Waals surface area contributed by atoms with E-state index in [1.807, 2.05) is 43.4 Å². The van der Waals surface area contributed by atoms with Gasteiger partial charge in [0.15, 0.2) is 0 Å². The minimum absolute atomic E-state index is 0.0244. The number of aryl methyl sites for hydroxylation is 1. The van der Waals surface area contributed by atoms with Gasteiger partial charge in [-0.15, -0.1) is 0 Å². The summed E-state index contributed by atoms with van der Waals surface area (Å²) in [5.41, 5.74) is 3.34. The summed E-state index contributed by atoms with van der Waals surface area (Å²) >= 11 is 0. The standard InChI is InChI=1S/C19H24N2O2/c1-15-6-3-4-8-17(15)14-23-18-9-5-7-16(12-18)13-19(22)21-11-10-20-2/h3-9,12,20H,10-11,13-14H2,1-2H3,(H,21,22). The molecule has 0 bridgehead atoms. The Labute approximate surface area is 137 Å². The number of carbonyl (C=O) groups is 1. The Balaban J connectivity index is 1.89. The Morgan fingerprint density at radius 3 is 2.70 bits per heavy atom. The molecule has 0 unspecified atom stereocenters. The Bertz CT molecular complexity index is 641. The Morgan fingerprint density at radius 2 is 1.91 bits per heavy atom. The molecule has 2 aromatic carbocycles. The molecule has 2 aromatic rings. The number of amides is 1. The molecule has 2 rings (SSSR count). The highest BCUT2D eigenvalue weighted by molar-refractivity contribution is 5.78.